The summed E-state index contributed by atoms with van der Waals surface area (Å²) >= 11 is 3.36. The smallest absolute Gasteiger partial charge is 0.248 e. The van der Waals surface area contributed by atoms with Crippen molar-refractivity contribution in [3.8, 4) is 11.5 Å². The third-order valence-electron chi connectivity index (χ3n) is 2.89. The number of halogens is 1. The first kappa shape index (κ1) is 16.1. The van der Waals surface area contributed by atoms with E-state index >= 15 is 0 Å². The van der Waals surface area contributed by atoms with E-state index in [-0.39, 0.29) is 5.91 Å². The van der Waals surface area contributed by atoms with Gasteiger partial charge in [-0.15, -0.1) is 0 Å². The maximum atomic E-state index is 11.9. The molecule has 1 N–H and O–H groups in total. The maximum Gasteiger partial charge on any atom is 0.248 e. The van der Waals surface area contributed by atoms with Gasteiger partial charge < -0.3 is 14.8 Å². The fourth-order valence-electron chi connectivity index (χ4n) is 1.85. The van der Waals surface area contributed by atoms with Crippen LogP contribution in [-0.2, 0) is 4.79 Å². The van der Waals surface area contributed by atoms with Crippen molar-refractivity contribution in [1.29, 1.82) is 0 Å². The van der Waals surface area contributed by atoms with E-state index in [0.29, 0.717) is 11.5 Å². The SMILES string of the molecule is COc1cc(C=CC(=O)Nc2cccc(Br)c2)cc(OC)c1. The molecule has 0 saturated carbocycles. The molecule has 0 aliphatic heterocycles. The largest absolute Gasteiger partial charge is 0.497 e. The first-order valence-corrected chi connectivity index (χ1v) is 7.37. The Bertz CT molecular complexity index is 676. The van der Waals surface area contributed by atoms with Gasteiger partial charge in [-0.1, -0.05) is 22.0 Å². The van der Waals surface area contributed by atoms with E-state index in [1.807, 2.05) is 36.4 Å². The summed E-state index contributed by atoms with van der Waals surface area (Å²) < 4.78 is 11.3. The van der Waals surface area contributed by atoms with Crippen molar-refractivity contribution in [3.63, 3.8) is 0 Å². The zero-order valence-corrected chi connectivity index (χ0v) is 13.9. The number of amides is 1. The van der Waals surface area contributed by atoms with Crippen LogP contribution >= 0.6 is 15.9 Å². The lowest BCUT2D eigenvalue weighted by molar-refractivity contribution is -0.111. The van der Waals surface area contributed by atoms with Crippen LogP contribution in [0, 0.1) is 0 Å². The molecule has 0 spiro atoms. The van der Waals surface area contributed by atoms with E-state index in [0.717, 1.165) is 15.7 Å². The number of benzene rings is 2. The van der Waals surface area contributed by atoms with E-state index < -0.39 is 0 Å². The molecule has 22 heavy (non-hydrogen) atoms. The highest BCUT2D eigenvalue weighted by Gasteiger charge is 2.01. The van der Waals surface area contributed by atoms with Gasteiger partial charge in [0.2, 0.25) is 5.91 Å². The summed E-state index contributed by atoms with van der Waals surface area (Å²) in [4.78, 5) is 11.9. The van der Waals surface area contributed by atoms with Gasteiger partial charge in [-0.05, 0) is 42.0 Å². The highest BCUT2D eigenvalue weighted by Crippen LogP contribution is 2.23. The molecular formula is C17H16BrNO3. The highest BCUT2D eigenvalue weighted by molar-refractivity contribution is 9.10. The van der Waals surface area contributed by atoms with Gasteiger partial charge in [0.25, 0.3) is 0 Å². The van der Waals surface area contributed by atoms with Gasteiger partial charge in [-0.25, -0.2) is 0 Å². The molecule has 0 radical (unpaired) electrons. The molecule has 0 atom stereocenters. The van der Waals surface area contributed by atoms with Crippen molar-refractivity contribution in [3.05, 3.63) is 58.6 Å². The molecule has 2 aromatic rings. The summed E-state index contributed by atoms with van der Waals surface area (Å²) in [6, 6.07) is 12.8. The van der Waals surface area contributed by atoms with Crippen molar-refractivity contribution in [1.82, 2.24) is 0 Å². The first-order chi connectivity index (χ1) is 10.6. The van der Waals surface area contributed by atoms with Gasteiger partial charge in [0.05, 0.1) is 14.2 Å². The number of carbonyl (C=O) groups excluding carboxylic acids is 1. The third kappa shape index (κ3) is 4.63. The molecule has 0 bridgehead atoms. The molecule has 114 valence electrons. The van der Waals surface area contributed by atoms with Crippen molar-refractivity contribution in [2.45, 2.75) is 0 Å². The minimum Gasteiger partial charge on any atom is -0.497 e. The summed E-state index contributed by atoms with van der Waals surface area (Å²) in [7, 11) is 3.17. The molecule has 0 aliphatic rings. The number of rotatable bonds is 5. The van der Waals surface area contributed by atoms with Crippen LogP contribution in [-0.4, -0.2) is 20.1 Å². The first-order valence-electron chi connectivity index (χ1n) is 6.58. The topological polar surface area (TPSA) is 47.6 Å². The minimum atomic E-state index is -0.208. The number of hydrogen-bond acceptors (Lipinski definition) is 3. The van der Waals surface area contributed by atoms with Crippen LogP contribution in [0.3, 0.4) is 0 Å². The van der Waals surface area contributed by atoms with Crippen molar-refractivity contribution in [2.24, 2.45) is 0 Å². The minimum absolute atomic E-state index is 0.208. The highest BCUT2D eigenvalue weighted by atomic mass is 79.9. The number of anilines is 1. The van der Waals surface area contributed by atoms with Crippen LogP contribution in [0.2, 0.25) is 0 Å². The van der Waals surface area contributed by atoms with Crippen molar-refractivity contribution < 1.29 is 14.3 Å². The van der Waals surface area contributed by atoms with Gasteiger partial charge in [0.15, 0.2) is 0 Å². The van der Waals surface area contributed by atoms with Gasteiger partial charge in [-0.3, -0.25) is 4.79 Å². The average Bonchev–Trinajstić information content (AvgIpc) is 2.52. The average molecular weight is 362 g/mol. The number of ether oxygens (including phenoxy) is 2. The van der Waals surface area contributed by atoms with Gasteiger partial charge in [0, 0.05) is 22.3 Å². The molecule has 0 heterocycles. The number of carbonyl (C=O) groups is 1. The summed E-state index contributed by atoms with van der Waals surface area (Å²) in [5.41, 5.74) is 1.55. The number of hydrogen-bond donors (Lipinski definition) is 1. The Morgan fingerprint density at radius 3 is 2.36 bits per heavy atom. The van der Waals surface area contributed by atoms with Crippen molar-refractivity contribution in [2.75, 3.05) is 19.5 Å². The molecule has 2 rings (SSSR count). The summed E-state index contributed by atoms with van der Waals surface area (Å²) in [6.45, 7) is 0. The quantitative estimate of drug-likeness (QED) is 0.814. The van der Waals surface area contributed by atoms with Crippen LogP contribution in [0.1, 0.15) is 5.56 Å². The molecule has 0 aromatic heterocycles. The lowest BCUT2D eigenvalue weighted by atomic mass is 10.2. The normalized spacial score (nSPS) is 10.5. The predicted molar refractivity (Wildman–Crippen MR) is 91.4 cm³/mol. The number of nitrogens with one attached hydrogen (secondary N) is 1. The number of methoxy groups -OCH3 is 2. The summed E-state index contributed by atoms with van der Waals surface area (Å²) in [6.07, 6.45) is 3.17. The van der Waals surface area contributed by atoms with E-state index in [4.69, 9.17) is 9.47 Å². The van der Waals surface area contributed by atoms with E-state index in [2.05, 4.69) is 21.2 Å². The fourth-order valence-corrected chi connectivity index (χ4v) is 2.25. The molecule has 4 nitrogen and oxygen atoms in total. The fraction of sp³-hybridized carbons (Fsp3) is 0.118. The second-order valence-electron chi connectivity index (χ2n) is 4.48. The Morgan fingerprint density at radius 1 is 1.09 bits per heavy atom. The Morgan fingerprint density at radius 2 is 1.77 bits per heavy atom. The predicted octanol–water partition coefficient (Wildman–Crippen LogP) is 4.12. The molecule has 0 unspecified atom stereocenters. The van der Waals surface area contributed by atoms with Crippen LogP contribution < -0.4 is 14.8 Å². The lowest BCUT2D eigenvalue weighted by Crippen LogP contribution is -2.07. The van der Waals surface area contributed by atoms with Crippen LogP contribution in [0.5, 0.6) is 11.5 Å². The molecular weight excluding hydrogens is 346 g/mol. The summed E-state index contributed by atoms with van der Waals surface area (Å²) in [5, 5.41) is 2.79. The molecule has 1 amide bonds. The standard InChI is InChI=1S/C17H16BrNO3/c1-21-15-8-12(9-16(11-15)22-2)6-7-17(20)19-14-5-3-4-13(18)10-14/h3-11H,1-2H3,(H,19,20). The Labute approximate surface area is 137 Å². The Kier molecular flexibility index (Phi) is 5.61. The molecule has 2 aromatic carbocycles. The van der Waals surface area contributed by atoms with Crippen LogP contribution in [0.4, 0.5) is 5.69 Å². The van der Waals surface area contributed by atoms with E-state index in [1.54, 1.807) is 26.4 Å². The Balaban J connectivity index is 2.09. The van der Waals surface area contributed by atoms with Crippen LogP contribution in [0.25, 0.3) is 6.08 Å². The second-order valence-corrected chi connectivity index (χ2v) is 5.39. The lowest BCUT2D eigenvalue weighted by Gasteiger charge is -2.06. The molecule has 0 saturated heterocycles. The van der Waals surface area contributed by atoms with Gasteiger partial charge in [0.1, 0.15) is 11.5 Å². The second kappa shape index (κ2) is 7.66. The maximum absolute atomic E-state index is 11.9. The monoisotopic (exact) mass is 361 g/mol. The molecule has 0 aliphatic carbocycles. The summed E-state index contributed by atoms with van der Waals surface area (Å²) in [5.74, 6) is 1.14. The molecule has 0 fully saturated rings. The molecule has 5 heteroatoms. The van der Waals surface area contributed by atoms with Crippen LogP contribution in [0.15, 0.2) is 53.0 Å². The van der Waals surface area contributed by atoms with E-state index in [9.17, 15) is 4.79 Å². The van der Waals surface area contributed by atoms with E-state index in [1.165, 1.54) is 6.08 Å². The Hall–Kier alpha value is -2.27. The van der Waals surface area contributed by atoms with Gasteiger partial charge in [-0.2, -0.15) is 0 Å². The van der Waals surface area contributed by atoms with Gasteiger partial charge >= 0.3 is 0 Å². The zero-order chi connectivity index (χ0) is 15.9. The third-order valence-corrected chi connectivity index (χ3v) is 3.39. The van der Waals surface area contributed by atoms with Crippen molar-refractivity contribution >= 4 is 33.6 Å². The zero-order valence-electron chi connectivity index (χ0n) is 12.3.